The first kappa shape index (κ1) is 23.7. The van der Waals surface area contributed by atoms with Crippen molar-refractivity contribution in [3.8, 4) is 0 Å². The van der Waals surface area contributed by atoms with Gasteiger partial charge >= 0.3 is 0 Å². The lowest BCUT2D eigenvalue weighted by Gasteiger charge is -2.33. The van der Waals surface area contributed by atoms with Crippen LogP contribution in [0.2, 0.25) is 0 Å². The van der Waals surface area contributed by atoms with E-state index in [2.05, 4.69) is 27.2 Å². The number of nitrogens with zero attached hydrogens (tertiary/aromatic N) is 2. The monoisotopic (exact) mass is 455 g/mol. The molecule has 3 aromatic rings. The molecule has 1 aliphatic rings. The number of anilines is 1. The molecule has 0 aromatic heterocycles. The topological polar surface area (TPSA) is 52.7 Å². The van der Waals surface area contributed by atoms with E-state index in [1.54, 1.807) is 0 Å². The second-order valence-corrected chi connectivity index (χ2v) is 8.87. The molecule has 1 aliphatic heterocycles. The molecule has 0 saturated carbocycles. The maximum Gasteiger partial charge on any atom is 0.223 e. The number of carbonyl (C=O) groups excluding carboxylic acids is 2. The molecule has 5 heteroatoms. The normalized spacial score (nSPS) is 14.5. The second kappa shape index (κ2) is 12.1. The molecule has 0 aliphatic carbocycles. The van der Waals surface area contributed by atoms with Gasteiger partial charge in [0.25, 0.3) is 0 Å². The number of ketones is 1. The predicted octanol–water partition coefficient (Wildman–Crippen LogP) is 4.40. The Kier molecular flexibility index (Phi) is 8.47. The average molecular weight is 456 g/mol. The van der Waals surface area contributed by atoms with Crippen molar-refractivity contribution in [2.45, 2.75) is 19.4 Å². The Morgan fingerprint density at radius 3 is 2.06 bits per heavy atom. The number of piperidine rings is 1. The molecule has 4 rings (SSSR count). The van der Waals surface area contributed by atoms with E-state index >= 15 is 0 Å². The largest absolute Gasteiger partial charge is 0.363 e. The van der Waals surface area contributed by atoms with Gasteiger partial charge in [-0.25, -0.2) is 0 Å². The van der Waals surface area contributed by atoms with Crippen molar-refractivity contribution in [3.05, 3.63) is 102 Å². The third kappa shape index (κ3) is 6.78. The van der Waals surface area contributed by atoms with Gasteiger partial charge in [-0.3, -0.25) is 9.59 Å². The number of benzene rings is 3. The summed E-state index contributed by atoms with van der Waals surface area (Å²) in [5.41, 5.74) is 2.92. The van der Waals surface area contributed by atoms with Gasteiger partial charge in [0.2, 0.25) is 5.91 Å². The zero-order chi connectivity index (χ0) is 23.6. The average Bonchev–Trinajstić information content (AvgIpc) is 2.91. The highest BCUT2D eigenvalue weighted by Crippen LogP contribution is 2.19. The third-order valence-electron chi connectivity index (χ3n) is 6.51. The van der Waals surface area contributed by atoms with Gasteiger partial charge in [0, 0.05) is 36.8 Å². The summed E-state index contributed by atoms with van der Waals surface area (Å²) in [4.78, 5) is 30.0. The van der Waals surface area contributed by atoms with Crippen LogP contribution in [0.25, 0.3) is 0 Å². The molecular weight excluding hydrogens is 422 g/mol. The third-order valence-corrected chi connectivity index (χ3v) is 6.51. The Morgan fingerprint density at radius 2 is 1.41 bits per heavy atom. The van der Waals surface area contributed by atoms with Crippen molar-refractivity contribution >= 4 is 17.4 Å². The minimum atomic E-state index is 0.0739. The summed E-state index contributed by atoms with van der Waals surface area (Å²) < 4.78 is 0. The summed E-state index contributed by atoms with van der Waals surface area (Å²) in [5.74, 6) is 0.353. The molecule has 0 spiro atoms. The van der Waals surface area contributed by atoms with E-state index in [-0.39, 0.29) is 17.6 Å². The van der Waals surface area contributed by atoms with E-state index in [0.29, 0.717) is 13.1 Å². The number of Topliss-reactive ketones (excluding diaryl/α,β-unsaturated/α-hetero) is 1. The highest BCUT2D eigenvalue weighted by Gasteiger charge is 2.25. The fraction of sp³-hybridized carbons (Fsp3) is 0.310. The first-order valence-electron chi connectivity index (χ1n) is 12.1. The van der Waals surface area contributed by atoms with E-state index in [1.807, 2.05) is 78.9 Å². The van der Waals surface area contributed by atoms with Crippen molar-refractivity contribution in [2.24, 2.45) is 5.92 Å². The summed E-state index contributed by atoms with van der Waals surface area (Å²) in [6.07, 6.45) is 1.74. The highest BCUT2D eigenvalue weighted by atomic mass is 16.2. The number of hydrogen-bond acceptors (Lipinski definition) is 4. The second-order valence-electron chi connectivity index (χ2n) is 8.87. The maximum absolute atomic E-state index is 12.9. The first-order chi connectivity index (χ1) is 16.7. The Balaban J connectivity index is 1.27. The van der Waals surface area contributed by atoms with Gasteiger partial charge in [0.05, 0.1) is 6.54 Å². The van der Waals surface area contributed by atoms with Crippen molar-refractivity contribution in [1.82, 2.24) is 10.2 Å². The first-order valence-corrected chi connectivity index (χ1v) is 12.1. The van der Waals surface area contributed by atoms with E-state index in [9.17, 15) is 9.59 Å². The van der Waals surface area contributed by atoms with Crippen LogP contribution in [-0.2, 0) is 11.3 Å². The maximum atomic E-state index is 12.9. The standard InChI is InChI=1S/C29H33N3O2/c33-28(25-12-6-2-7-13-25)23-32(27-14-8-3-9-15-27)21-20-31-18-16-26(17-19-31)29(34)30-22-24-10-4-1-5-11-24/h1-15,26H,16-23H2,(H,30,34). The van der Waals surface area contributed by atoms with Gasteiger partial charge in [-0.2, -0.15) is 0 Å². The molecule has 0 unspecified atom stereocenters. The number of nitrogens with one attached hydrogen (secondary N) is 1. The zero-order valence-corrected chi connectivity index (χ0v) is 19.6. The van der Waals surface area contributed by atoms with Crippen molar-refractivity contribution in [2.75, 3.05) is 37.6 Å². The number of rotatable bonds is 10. The van der Waals surface area contributed by atoms with Crippen molar-refractivity contribution < 1.29 is 9.59 Å². The molecule has 34 heavy (non-hydrogen) atoms. The lowest BCUT2D eigenvalue weighted by atomic mass is 9.96. The lowest BCUT2D eigenvalue weighted by Crippen LogP contribution is -2.44. The van der Waals surface area contributed by atoms with E-state index in [0.717, 1.165) is 55.8 Å². The van der Waals surface area contributed by atoms with E-state index < -0.39 is 0 Å². The summed E-state index contributed by atoms with van der Waals surface area (Å²) in [6.45, 7) is 4.38. The summed E-state index contributed by atoms with van der Waals surface area (Å²) >= 11 is 0. The molecule has 0 bridgehead atoms. The van der Waals surface area contributed by atoms with Gasteiger partial charge in [-0.15, -0.1) is 0 Å². The molecule has 1 heterocycles. The molecular formula is C29H33N3O2. The van der Waals surface area contributed by atoms with Crippen LogP contribution in [0.1, 0.15) is 28.8 Å². The van der Waals surface area contributed by atoms with E-state index in [4.69, 9.17) is 0 Å². The number of carbonyl (C=O) groups is 2. The molecule has 5 nitrogen and oxygen atoms in total. The van der Waals surface area contributed by atoms with Gasteiger partial charge in [0.1, 0.15) is 0 Å². The molecule has 0 radical (unpaired) electrons. The minimum Gasteiger partial charge on any atom is -0.363 e. The van der Waals surface area contributed by atoms with Crippen molar-refractivity contribution in [1.29, 1.82) is 0 Å². The Labute approximate surface area is 202 Å². The number of para-hydroxylation sites is 1. The van der Waals surface area contributed by atoms with Crippen LogP contribution in [-0.4, -0.2) is 49.3 Å². The molecule has 3 aromatic carbocycles. The smallest absolute Gasteiger partial charge is 0.223 e. The van der Waals surface area contributed by atoms with Crippen LogP contribution in [0, 0.1) is 5.92 Å². The highest BCUT2D eigenvalue weighted by molar-refractivity contribution is 5.99. The minimum absolute atomic E-state index is 0.0739. The van der Waals surface area contributed by atoms with Crippen LogP contribution >= 0.6 is 0 Å². The summed E-state index contributed by atoms with van der Waals surface area (Å²) in [6, 6.07) is 29.6. The Bertz CT molecular complexity index is 1030. The quantitative estimate of drug-likeness (QED) is 0.460. The number of hydrogen-bond donors (Lipinski definition) is 1. The predicted molar refractivity (Wildman–Crippen MR) is 137 cm³/mol. The summed E-state index contributed by atoms with van der Waals surface area (Å²) in [5, 5.41) is 3.09. The van der Waals surface area contributed by atoms with Crippen LogP contribution in [0.15, 0.2) is 91.0 Å². The van der Waals surface area contributed by atoms with Gasteiger partial charge < -0.3 is 15.1 Å². The zero-order valence-electron chi connectivity index (χ0n) is 19.6. The number of likely N-dealkylation sites (tertiary alicyclic amines) is 1. The molecule has 1 fully saturated rings. The van der Waals surface area contributed by atoms with Gasteiger partial charge in [-0.05, 0) is 43.6 Å². The fourth-order valence-electron chi connectivity index (χ4n) is 4.44. The SMILES string of the molecule is O=C(CN(CCN1CCC(C(=O)NCc2ccccc2)CC1)c1ccccc1)c1ccccc1. The van der Waals surface area contributed by atoms with Crippen LogP contribution in [0.3, 0.4) is 0 Å². The lowest BCUT2D eigenvalue weighted by molar-refractivity contribution is -0.126. The van der Waals surface area contributed by atoms with Gasteiger partial charge in [-0.1, -0.05) is 78.9 Å². The molecule has 0 atom stereocenters. The molecule has 1 saturated heterocycles. The molecule has 1 N–H and O–H groups in total. The van der Waals surface area contributed by atoms with E-state index in [1.165, 1.54) is 0 Å². The Hall–Kier alpha value is -3.44. The Morgan fingerprint density at radius 1 is 0.824 bits per heavy atom. The van der Waals surface area contributed by atoms with Crippen molar-refractivity contribution in [3.63, 3.8) is 0 Å². The molecule has 176 valence electrons. The number of amides is 1. The van der Waals surface area contributed by atoms with Crippen LogP contribution in [0.5, 0.6) is 0 Å². The summed E-state index contributed by atoms with van der Waals surface area (Å²) in [7, 11) is 0. The van der Waals surface area contributed by atoms with Crippen LogP contribution in [0.4, 0.5) is 5.69 Å². The van der Waals surface area contributed by atoms with Gasteiger partial charge in [0.15, 0.2) is 5.78 Å². The molecule has 1 amide bonds. The van der Waals surface area contributed by atoms with Crippen LogP contribution < -0.4 is 10.2 Å². The fourth-order valence-corrected chi connectivity index (χ4v) is 4.44.